The van der Waals surface area contributed by atoms with E-state index in [4.69, 9.17) is 4.74 Å². The minimum absolute atomic E-state index is 0.0497. The summed E-state index contributed by atoms with van der Waals surface area (Å²) in [6.07, 6.45) is 1.92. The second kappa shape index (κ2) is 5.22. The zero-order valence-corrected chi connectivity index (χ0v) is 12.2. The van der Waals surface area contributed by atoms with Gasteiger partial charge in [0.15, 0.2) is 0 Å². The average Bonchev–Trinajstić information content (AvgIpc) is 3.20. The molecule has 0 amide bonds. The third-order valence-electron chi connectivity index (χ3n) is 4.09. The fourth-order valence-electron chi connectivity index (χ4n) is 2.65. The van der Waals surface area contributed by atoms with Gasteiger partial charge in [-0.25, -0.2) is 0 Å². The molecule has 3 heteroatoms. The molecule has 2 rings (SSSR count). The third-order valence-corrected chi connectivity index (χ3v) is 4.09. The molecule has 1 aromatic rings. The summed E-state index contributed by atoms with van der Waals surface area (Å²) in [5.74, 6) is 1.36. The molecule has 1 N–H and O–H groups in total. The van der Waals surface area contributed by atoms with Crippen LogP contribution in [-0.4, -0.2) is 14.2 Å². The Morgan fingerprint density at radius 2 is 2.05 bits per heavy atom. The molecule has 1 aliphatic carbocycles. The van der Waals surface area contributed by atoms with E-state index in [1.54, 1.807) is 7.11 Å². The molecule has 0 aromatic heterocycles. The van der Waals surface area contributed by atoms with Gasteiger partial charge >= 0.3 is 0 Å². The van der Waals surface area contributed by atoms with Crippen molar-refractivity contribution >= 4 is 0 Å². The van der Waals surface area contributed by atoms with Crippen LogP contribution in [0, 0.1) is 16.7 Å². The van der Waals surface area contributed by atoms with E-state index in [9.17, 15) is 5.26 Å². The fraction of sp³-hybridized carbons (Fsp3) is 0.562. The summed E-state index contributed by atoms with van der Waals surface area (Å²) in [6, 6.07) is 8.86. The Morgan fingerprint density at radius 3 is 2.47 bits per heavy atom. The van der Waals surface area contributed by atoms with Crippen LogP contribution in [0.25, 0.3) is 0 Å². The SMILES string of the molecule is CNC(c1ccc(C(C)C)cc1OC)C1(C#N)CC1. The monoisotopic (exact) mass is 258 g/mol. The summed E-state index contributed by atoms with van der Waals surface area (Å²) >= 11 is 0. The highest BCUT2D eigenvalue weighted by Crippen LogP contribution is 2.55. The highest BCUT2D eigenvalue weighted by molar-refractivity contribution is 5.43. The van der Waals surface area contributed by atoms with Gasteiger partial charge in [0.2, 0.25) is 0 Å². The number of ether oxygens (including phenoxy) is 1. The fourth-order valence-corrected chi connectivity index (χ4v) is 2.65. The molecule has 1 aliphatic rings. The number of hydrogen-bond acceptors (Lipinski definition) is 3. The van der Waals surface area contributed by atoms with Crippen molar-refractivity contribution in [3.8, 4) is 11.8 Å². The maximum atomic E-state index is 9.39. The summed E-state index contributed by atoms with van der Waals surface area (Å²) in [4.78, 5) is 0. The minimum Gasteiger partial charge on any atom is -0.496 e. The molecule has 1 unspecified atom stereocenters. The summed E-state index contributed by atoms with van der Waals surface area (Å²) in [5, 5.41) is 12.7. The van der Waals surface area contributed by atoms with Gasteiger partial charge in [0.05, 0.1) is 24.6 Å². The predicted octanol–water partition coefficient (Wildman–Crippen LogP) is 3.38. The largest absolute Gasteiger partial charge is 0.496 e. The normalized spacial score (nSPS) is 17.9. The van der Waals surface area contributed by atoms with Crippen LogP contribution in [0.3, 0.4) is 0 Å². The molecule has 19 heavy (non-hydrogen) atoms. The Balaban J connectivity index is 2.41. The molecular formula is C16H22N2O. The molecule has 1 fully saturated rings. The number of rotatable bonds is 5. The number of nitrogens with zero attached hydrogens (tertiary/aromatic N) is 1. The van der Waals surface area contributed by atoms with E-state index in [-0.39, 0.29) is 11.5 Å². The molecule has 0 heterocycles. The van der Waals surface area contributed by atoms with Crippen molar-refractivity contribution in [1.82, 2.24) is 5.32 Å². The molecule has 3 nitrogen and oxygen atoms in total. The number of nitriles is 1. The van der Waals surface area contributed by atoms with Gasteiger partial charge in [-0.2, -0.15) is 5.26 Å². The highest BCUT2D eigenvalue weighted by atomic mass is 16.5. The lowest BCUT2D eigenvalue weighted by Crippen LogP contribution is -2.26. The lowest BCUT2D eigenvalue weighted by molar-refractivity contribution is 0.380. The number of methoxy groups -OCH3 is 1. The van der Waals surface area contributed by atoms with Crippen molar-refractivity contribution in [1.29, 1.82) is 5.26 Å². The number of benzene rings is 1. The Morgan fingerprint density at radius 1 is 1.37 bits per heavy atom. The van der Waals surface area contributed by atoms with E-state index in [0.717, 1.165) is 24.2 Å². The second-order valence-corrected chi connectivity index (χ2v) is 5.65. The molecule has 0 saturated heterocycles. The van der Waals surface area contributed by atoms with Crippen molar-refractivity contribution in [3.63, 3.8) is 0 Å². The van der Waals surface area contributed by atoms with E-state index < -0.39 is 0 Å². The van der Waals surface area contributed by atoms with Gasteiger partial charge in [-0.3, -0.25) is 0 Å². The predicted molar refractivity (Wildman–Crippen MR) is 76.2 cm³/mol. The summed E-state index contributed by atoms with van der Waals surface area (Å²) in [6.45, 7) is 4.34. The molecule has 1 saturated carbocycles. The van der Waals surface area contributed by atoms with Crippen LogP contribution < -0.4 is 10.1 Å². The first-order valence-electron chi connectivity index (χ1n) is 6.84. The Bertz CT molecular complexity index is 498. The smallest absolute Gasteiger partial charge is 0.123 e. The number of hydrogen-bond donors (Lipinski definition) is 1. The third kappa shape index (κ3) is 2.46. The quantitative estimate of drug-likeness (QED) is 0.880. The first-order chi connectivity index (χ1) is 9.07. The first-order valence-corrected chi connectivity index (χ1v) is 6.84. The lowest BCUT2D eigenvalue weighted by Gasteiger charge is -2.24. The van der Waals surface area contributed by atoms with Crippen molar-refractivity contribution in [2.24, 2.45) is 5.41 Å². The van der Waals surface area contributed by atoms with Crippen molar-refractivity contribution in [3.05, 3.63) is 29.3 Å². The standard InChI is InChI=1S/C16H22N2O/c1-11(2)12-5-6-13(14(9-12)19-4)15(18-3)16(10-17)7-8-16/h5-6,9,11,15,18H,7-8H2,1-4H3. The van der Waals surface area contributed by atoms with E-state index in [0.29, 0.717) is 5.92 Å². The summed E-state index contributed by atoms with van der Waals surface area (Å²) < 4.78 is 5.54. The first kappa shape index (κ1) is 13.9. The van der Waals surface area contributed by atoms with Gasteiger partial charge in [0.25, 0.3) is 0 Å². The molecule has 102 valence electrons. The summed E-state index contributed by atoms with van der Waals surface area (Å²) in [7, 11) is 3.61. The van der Waals surface area contributed by atoms with Crippen molar-refractivity contribution in [2.45, 2.75) is 38.6 Å². The molecule has 0 aliphatic heterocycles. The number of nitrogens with one attached hydrogen (secondary N) is 1. The molecular weight excluding hydrogens is 236 g/mol. The Hall–Kier alpha value is -1.53. The summed E-state index contributed by atoms with van der Waals surface area (Å²) in [5.41, 5.74) is 2.10. The maximum Gasteiger partial charge on any atom is 0.123 e. The van der Waals surface area contributed by atoms with Crippen LogP contribution in [0.15, 0.2) is 18.2 Å². The lowest BCUT2D eigenvalue weighted by atomic mass is 9.89. The van der Waals surface area contributed by atoms with Crippen LogP contribution >= 0.6 is 0 Å². The van der Waals surface area contributed by atoms with Crippen molar-refractivity contribution < 1.29 is 4.74 Å². The van der Waals surface area contributed by atoms with Crippen LogP contribution in [0.4, 0.5) is 0 Å². The topological polar surface area (TPSA) is 45.0 Å². The molecule has 1 aromatic carbocycles. The molecule has 0 spiro atoms. The maximum absolute atomic E-state index is 9.39. The van der Waals surface area contributed by atoms with Crippen LogP contribution in [0.1, 0.15) is 49.8 Å². The highest BCUT2D eigenvalue weighted by Gasteiger charge is 2.50. The van der Waals surface area contributed by atoms with Gasteiger partial charge in [-0.15, -0.1) is 0 Å². The van der Waals surface area contributed by atoms with Crippen LogP contribution in [-0.2, 0) is 0 Å². The van der Waals surface area contributed by atoms with E-state index in [1.807, 2.05) is 7.05 Å². The molecule has 1 atom stereocenters. The van der Waals surface area contributed by atoms with Gasteiger partial charge in [0, 0.05) is 5.56 Å². The van der Waals surface area contributed by atoms with Crippen LogP contribution in [0.5, 0.6) is 5.75 Å². The zero-order valence-electron chi connectivity index (χ0n) is 12.2. The Kier molecular flexibility index (Phi) is 3.82. The van der Waals surface area contributed by atoms with Crippen LogP contribution in [0.2, 0.25) is 0 Å². The zero-order chi connectivity index (χ0) is 14.0. The minimum atomic E-state index is -0.249. The van der Waals surface area contributed by atoms with Gasteiger partial charge in [0.1, 0.15) is 5.75 Å². The van der Waals surface area contributed by atoms with Gasteiger partial charge in [-0.05, 0) is 37.4 Å². The molecule has 0 bridgehead atoms. The van der Waals surface area contributed by atoms with E-state index in [2.05, 4.69) is 43.4 Å². The van der Waals surface area contributed by atoms with Gasteiger partial charge in [-0.1, -0.05) is 26.0 Å². The second-order valence-electron chi connectivity index (χ2n) is 5.65. The van der Waals surface area contributed by atoms with E-state index >= 15 is 0 Å². The van der Waals surface area contributed by atoms with Gasteiger partial charge < -0.3 is 10.1 Å². The molecule has 0 radical (unpaired) electrons. The van der Waals surface area contributed by atoms with Crippen molar-refractivity contribution in [2.75, 3.05) is 14.2 Å². The van der Waals surface area contributed by atoms with E-state index in [1.165, 1.54) is 5.56 Å². The average molecular weight is 258 g/mol. The Labute approximate surface area is 115 Å².